The number of nitrogens with zero attached hydrogens (tertiary/aromatic N) is 3. The first-order valence-electron chi connectivity index (χ1n) is 9.47. The summed E-state index contributed by atoms with van der Waals surface area (Å²) in [6.07, 6.45) is 5.18. The minimum Gasteiger partial charge on any atom is -0.334 e. The van der Waals surface area contributed by atoms with E-state index in [1.54, 1.807) is 0 Å². The van der Waals surface area contributed by atoms with Gasteiger partial charge in [0.25, 0.3) is 0 Å². The van der Waals surface area contributed by atoms with Crippen LogP contribution in [0.25, 0.3) is 0 Å². The van der Waals surface area contributed by atoms with E-state index in [1.165, 1.54) is 17.5 Å². The minimum atomic E-state index is 0.182. The Kier molecular flexibility index (Phi) is 4.64. The Morgan fingerprint density at radius 2 is 1.65 bits per heavy atom. The molecule has 3 aromatic rings. The van der Waals surface area contributed by atoms with Gasteiger partial charge in [-0.15, -0.1) is 0 Å². The molecule has 0 aliphatic heterocycles. The average molecular weight is 345 g/mol. The molecule has 1 aliphatic carbocycles. The van der Waals surface area contributed by atoms with Crippen molar-refractivity contribution in [2.45, 2.75) is 25.3 Å². The van der Waals surface area contributed by atoms with Gasteiger partial charge in [-0.25, -0.2) is 4.98 Å². The van der Waals surface area contributed by atoms with Crippen molar-refractivity contribution >= 4 is 0 Å². The molecule has 26 heavy (non-hydrogen) atoms. The quantitative estimate of drug-likeness (QED) is 0.642. The number of hydrogen-bond acceptors (Lipinski definition) is 2. The van der Waals surface area contributed by atoms with Crippen LogP contribution in [0, 0.1) is 12.8 Å². The van der Waals surface area contributed by atoms with E-state index >= 15 is 0 Å². The molecule has 0 amide bonds. The lowest BCUT2D eigenvalue weighted by molar-refractivity contribution is 0.298. The van der Waals surface area contributed by atoms with Crippen LogP contribution in [0.3, 0.4) is 0 Å². The second-order valence-corrected chi connectivity index (χ2v) is 7.53. The molecule has 3 nitrogen and oxygen atoms in total. The topological polar surface area (TPSA) is 21.1 Å². The summed E-state index contributed by atoms with van der Waals surface area (Å²) in [4.78, 5) is 6.78. The monoisotopic (exact) mass is 345 g/mol. The highest BCUT2D eigenvalue weighted by Gasteiger charge is 2.56. The van der Waals surface area contributed by atoms with Gasteiger partial charge in [0, 0.05) is 37.4 Å². The van der Waals surface area contributed by atoms with Crippen LogP contribution in [0.5, 0.6) is 0 Å². The lowest BCUT2D eigenvalue weighted by atomic mass is 9.85. The standard InChI is InChI=1S/C23H27N3/c1-19-24-13-14-26(19)16-15-25(2)18-22-17-23(22,20-9-5-3-6-10-20)21-11-7-4-8-12-21/h3-14,22H,15-18H2,1-2H3. The van der Waals surface area contributed by atoms with Crippen LogP contribution < -0.4 is 0 Å². The van der Waals surface area contributed by atoms with Gasteiger partial charge in [0.05, 0.1) is 0 Å². The van der Waals surface area contributed by atoms with Gasteiger partial charge in [0.15, 0.2) is 0 Å². The van der Waals surface area contributed by atoms with E-state index < -0.39 is 0 Å². The molecule has 1 fully saturated rings. The third-order valence-corrected chi connectivity index (χ3v) is 5.86. The number of hydrogen-bond donors (Lipinski definition) is 0. The molecule has 1 atom stereocenters. The van der Waals surface area contributed by atoms with Crippen LogP contribution in [0.1, 0.15) is 23.4 Å². The third kappa shape index (κ3) is 3.19. The summed E-state index contributed by atoms with van der Waals surface area (Å²) < 4.78 is 2.23. The number of rotatable bonds is 7. The molecule has 1 aliphatic rings. The highest BCUT2D eigenvalue weighted by Crippen LogP contribution is 2.58. The van der Waals surface area contributed by atoms with E-state index in [9.17, 15) is 0 Å². The van der Waals surface area contributed by atoms with E-state index in [0.717, 1.165) is 25.5 Å². The Morgan fingerprint density at radius 3 is 2.19 bits per heavy atom. The largest absolute Gasteiger partial charge is 0.334 e. The van der Waals surface area contributed by atoms with E-state index in [1.807, 2.05) is 6.20 Å². The molecule has 4 rings (SSSR count). The highest BCUT2D eigenvalue weighted by atomic mass is 15.1. The van der Waals surface area contributed by atoms with Crippen LogP contribution in [-0.4, -0.2) is 34.6 Å². The molecular weight excluding hydrogens is 318 g/mol. The smallest absolute Gasteiger partial charge is 0.105 e. The number of likely N-dealkylation sites (N-methyl/N-ethyl adjacent to an activating group) is 1. The summed E-state index contributed by atoms with van der Waals surface area (Å²) in [6.45, 7) is 5.24. The Labute approximate surface area is 156 Å². The zero-order valence-corrected chi connectivity index (χ0v) is 15.7. The van der Waals surface area contributed by atoms with Crippen molar-refractivity contribution in [3.05, 3.63) is 90.0 Å². The van der Waals surface area contributed by atoms with Gasteiger partial charge >= 0.3 is 0 Å². The summed E-state index contributed by atoms with van der Waals surface area (Å²) in [5.41, 5.74) is 3.09. The zero-order chi connectivity index (χ0) is 18.0. The molecule has 0 bridgehead atoms. The summed E-state index contributed by atoms with van der Waals surface area (Å²) in [7, 11) is 2.24. The second-order valence-electron chi connectivity index (χ2n) is 7.53. The van der Waals surface area contributed by atoms with E-state index in [-0.39, 0.29) is 5.41 Å². The SMILES string of the molecule is Cc1nccn1CCN(C)CC1CC1(c1ccccc1)c1ccccc1. The maximum atomic E-state index is 4.31. The van der Waals surface area contributed by atoms with Gasteiger partial charge in [0.2, 0.25) is 0 Å². The molecule has 3 heteroatoms. The van der Waals surface area contributed by atoms with E-state index in [4.69, 9.17) is 0 Å². The van der Waals surface area contributed by atoms with E-state index in [2.05, 4.69) is 95.3 Å². The molecule has 1 heterocycles. The predicted octanol–water partition coefficient (Wildman–Crippen LogP) is 4.13. The zero-order valence-electron chi connectivity index (χ0n) is 15.7. The first kappa shape index (κ1) is 17.0. The molecule has 0 spiro atoms. The van der Waals surface area contributed by atoms with Gasteiger partial charge in [-0.05, 0) is 37.4 Å². The van der Waals surface area contributed by atoms with Gasteiger partial charge in [-0.1, -0.05) is 60.7 Å². The van der Waals surface area contributed by atoms with Crippen LogP contribution >= 0.6 is 0 Å². The van der Waals surface area contributed by atoms with Crippen molar-refractivity contribution in [2.24, 2.45) is 5.92 Å². The summed E-state index contributed by atoms with van der Waals surface area (Å²) >= 11 is 0. The highest BCUT2D eigenvalue weighted by molar-refractivity contribution is 5.47. The summed E-state index contributed by atoms with van der Waals surface area (Å²) in [6, 6.07) is 22.1. The lowest BCUT2D eigenvalue weighted by Crippen LogP contribution is -2.28. The van der Waals surface area contributed by atoms with Gasteiger partial charge in [0.1, 0.15) is 5.82 Å². The molecular formula is C23H27N3. The Balaban J connectivity index is 1.48. The summed E-state index contributed by atoms with van der Waals surface area (Å²) in [5.74, 6) is 1.76. The Bertz CT molecular complexity index is 799. The van der Waals surface area contributed by atoms with Crippen molar-refractivity contribution in [1.82, 2.24) is 14.5 Å². The van der Waals surface area contributed by atoms with E-state index in [0.29, 0.717) is 5.92 Å². The first-order valence-corrected chi connectivity index (χ1v) is 9.47. The number of benzene rings is 2. The van der Waals surface area contributed by atoms with Crippen molar-refractivity contribution in [1.29, 1.82) is 0 Å². The maximum Gasteiger partial charge on any atom is 0.105 e. The normalized spacial score (nSPS) is 18.2. The lowest BCUT2D eigenvalue weighted by Gasteiger charge is -2.23. The predicted molar refractivity (Wildman–Crippen MR) is 106 cm³/mol. The fourth-order valence-corrected chi connectivity index (χ4v) is 4.28. The van der Waals surface area contributed by atoms with Crippen LogP contribution in [-0.2, 0) is 12.0 Å². The molecule has 1 saturated carbocycles. The molecule has 2 aromatic carbocycles. The maximum absolute atomic E-state index is 4.31. The first-order chi connectivity index (χ1) is 12.7. The molecule has 0 radical (unpaired) electrons. The number of aryl methyl sites for hydroxylation is 1. The molecule has 0 N–H and O–H groups in total. The molecule has 0 saturated heterocycles. The van der Waals surface area contributed by atoms with Crippen LogP contribution in [0.4, 0.5) is 0 Å². The summed E-state index contributed by atoms with van der Waals surface area (Å²) in [5, 5.41) is 0. The number of aromatic nitrogens is 2. The average Bonchev–Trinajstić information content (AvgIpc) is 3.25. The molecule has 1 unspecified atom stereocenters. The molecule has 134 valence electrons. The fourth-order valence-electron chi connectivity index (χ4n) is 4.28. The number of imidazole rings is 1. The van der Waals surface area contributed by atoms with Gasteiger partial charge in [-0.2, -0.15) is 0 Å². The van der Waals surface area contributed by atoms with Crippen LogP contribution in [0.2, 0.25) is 0 Å². The van der Waals surface area contributed by atoms with Crippen molar-refractivity contribution in [3.63, 3.8) is 0 Å². The van der Waals surface area contributed by atoms with Crippen molar-refractivity contribution in [3.8, 4) is 0 Å². The Morgan fingerprint density at radius 1 is 1.04 bits per heavy atom. The molecule has 1 aromatic heterocycles. The Hall–Kier alpha value is -2.39. The minimum absolute atomic E-state index is 0.182. The van der Waals surface area contributed by atoms with Gasteiger partial charge in [-0.3, -0.25) is 0 Å². The van der Waals surface area contributed by atoms with Crippen molar-refractivity contribution < 1.29 is 0 Å². The second kappa shape index (κ2) is 7.08. The van der Waals surface area contributed by atoms with Crippen molar-refractivity contribution in [2.75, 3.05) is 20.1 Å². The fraction of sp³-hybridized carbons (Fsp3) is 0.348. The third-order valence-electron chi connectivity index (χ3n) is 5.86. The van der Waals surface area contributed by atoms with Crippen LogP contribution in [0.15, 0.2) is 73.1 Å². The van der Waals surface area contributed by atoms with Gasteiger partial charge < -0.3 is 9.47 Å².